The molecule has 0 heterocycles. The smallest absolute Gasteiger partial charge is 0.0459 e. The first-order valence-corrected chi connectivity index (χ1v) is 11.9. The van der Waals surface area contributed by atoms with Crippen LogP contribution in [0.15, 0.2) is 0 Å². The molecule has 1 radical (unpaired) electrons. The number of aliphatic hydroxyl groups excluding tert-OH is 3. The quantitative estimate of drug-likeness (QED) is 0.264. The topological polar surface area (TPSA) is 60.7 Å². The molecule has 3 N–H and O–H groups in total. The molecule has 0 amide bonds. The molecule has 0 aromatic rings. The normalized spacial score (nSPS) is 13.2. The Labute approximate surface area is 188 Å². The molecule has 3 atom stereocenters. The predicted octanol–water partition coefficient (Wildman–Crippen LogP) is 6.58. The molecule has 28 heavy (non-hydrogen) atoms. The van der Waals surface area contributed by atoms with E-state index in [1.807, 2.05) is 0 Å². The van der Waals surface area contributed by atoms with Crippen molar-refractivity contribution < 1.29 is 32.1 Å². The van der Waals surface area contributed by atoms with E-state index in [4.69, 9.17) is 15.3 Å². The summed E-state index contributed by atoms with van der Waals surface area (Å²) < 4.78 is 0. The Balaban J connectivity index is -0.000000152. The van der Waals surface area contributed by atoms with E-state index in [1.165, 1.54) is 57.8 Å². The number of hydrogen-bond donors (Lipinski definition) is 3. The molecule has 0 rings (SSSR count). The van der Waals surface area contributed by atoms with Gasteiger partial charge in [-0.15, -0.1) is 0 Å². The van der Waals surface area contributed by atoms with Crippen molar-refractivity contribution in [2.75, 3.05) is 19.8 Å². The van der Waals surface area contributed by atoms with E-state index in [9.17, 15) is 0 Å². The second-order valence-electron chi connectivity index (χ2n) is 7.80. The first-order chi connectivity index (χ1) is 13.0. The molecule has 0 aliphatic rings. The van der Waals surface area contributed by atoms with Crippen molar-refractivity contribution in [3.05, 3.63) is 0 Å². The summed E-state index contributed by atoms with van der Waals surface area (Å²) in [5.74, 6) is 1.68. The first-order valence-electron chi connectivity index (χ1n) is 11.9. The fourth-order valence-corrected chi connectivity index (χ4v) is 2.75. The Morgan fingerprint density at radius 2 is 0.679 bits per heavy atom. The van der Waals surface area contributed by atoms with Crippen LogP contribution in [-0.2, 0) is 16.8 Å². The summed E-state index contributed by atoms with van der Waals surface area (Å²) >= 11 is 0. The Morgan fingerprint density at radius 3 is 0.786 bits per heavy atom. The van der Waals surface area contributed by atoms with Crippen molar-refractivity contribution in [3.63, 3.8) is 0 Å². The number of unbranched alkanes of at least 4 members (excludes halogenated alkanes) is 3. The molecule has 0 spiro atoms. The van der Waals surface area contributed by atoms with Crippen LogP contribution in [0.4, 0.5) is 0 Å². The maximum atomic E-state index is 8.75. The van der Waals surface area contributed by atoms with Gasteiger partial charge in [0, 0.05) is 36.6 Å². The van der Waals surface area contributed by atoms with Crippen molar-refractivity contribution in [1.29, 1.82) is 0 Å². The van der Waals surface area contributed by atoms with Gasteiger partial charge in [-0.25, -0.2) is 0 Å². The van der Waals surface area contributed by atoms with E-state index >= 15 is 0 Å². The zero-order valence-electron chi connectivity index (χ0n) is 20.0. The molecule has 0 saturated heterocycles. The van der Waals surface area contributed by atoms with Crippen LogP contribution in [0.3, 0.4) is 0 Å². The fourth-order valence-electron chi connectivity index (χ4n) is 2.75. The van der Waals surface area contributed by atoms with Crippen LogP contribution in [-0.4, -0.2) is 35.1 Å². The van der Waals surface area contributed by atoms with Crippen LogP contribution in [0.1, 0.15) is 119 Å². The minimum atomic E-state index is 0. The van der Waals surface area contributed by atoms with E-state index in [2.05, 4.69) is 41.5 Å². The molecule has 3 nitrogen and oxygen atoms in total. The van der Waals surface area contributed by atoms with Crippen LogP contribution in [0, 0.1) is 17.8 Å². The van der Waals surface area contributed by atoms with Gasteiger partial charge in [0.1, 0.15) is 0 Å². The van der Waals surface area contributed by atoms with Gasteiger partial charge in [-0.2, -0.15) is 0 Å². The van der Waals surface area contributed by atoms with Crippen LogP contribution in [0.25, 0.3) is 0 Å². The second-order valence-corrected chi connectivity index (χ2v) is 7.80. The largest absolute Gasteiger partial charge is 0.396 e. The van der Waals surface area contributed by atoms with Crippen LogP contribution < -0.4 is 0 Å². The molecule has 3 unspecified atom stereocenters. The summed E-state index contributed by atoms with van der Waals surface area (Å²) in [6, 6.07) is 0. The van der Waals surface area contributed by atoms with Gasteiger partial charge in [-0.05, 0) is 37.0 Å². The molecule has 0 aromatic heterocycles. The summed E-state index contributed by atoms with van der Waals surface area (Å²) in [5, 5.41) is 26.3. The van der Waals surface area contributed by atoms with Crippen molar-refractivity contribution in [3.8, 4) is 0 Å². The molecule has 177 valence electrons. The summed E-state index contributed by atoms with van der Waals surface area (Å²) in [6.45, 7) is 14.1. The van der Waals surface area contributed by atoms with Gasteiger partial charge < -0.3 is 15.3 Å². The number of rotatable bonds is 15. The summed E-state index contributed by atoms with van der Waals surface area (Å²) in [4.78, 5) is 0. The van der Waals surface area contributed by atoms with E-state index in [0.29, 0.717) is 37.6 Å². The van der Waals surface area contributed by atoms with Gasteiger partial charge in [-0.1, -0.05) is 99.3 Å². The molecule has 0 saturated carbocycles. The third kappa shape index (κ3) is 28.6. The Bertz CT molecular complexity index is 190. The summed E-state index contributed by atoms with van der Waals surface area (Å²) in [6.07, 6.45) is 14.5. The molecule has 4 heteroatoms. The average molecular weight is 450 g/mol. The van der Waals surface area contributed by atoms with E-state index < -0.39 is 0 Å². The Hall–Kier alpha value is 0.386. The SMILES string of the molecule is CCCCC(CC)CO.CCCCC(CC)CO.CCCCC(CC)CO.[Co]. The van der Waals surface area contributed by atoms with Crippen LogP contribution >= 0.6 is 0 Å². The molecule has 0 aromatic carbocycles. The molecule has 0 bridgehead atoms. The van der Waals surface area contributed by atoms with Crippen molar-refractivity contribution >= 4 is 0 Å². The minimum absolute atomic E-state index is 0. The van der Waals surface area contributed by atoms with Gasteiger partial charge in [0.15, 0.2) is 0 Å². The van der Waals surface area contributed by atoms with Crippen molar-refractivity contribution in [2.24, 2.45) is 17.8 Å². The van der Waals surface area contributed by atoms with Crippen molar-refractivity contribution in [2.45, 2.75) is 119 Å². The van der Waals surface area contributed by atoms with Gasteiger partial charge in [0.25, 0.3) is 0 Å². The van der Waals surface area contributed by atoms with E-state index in [1.54, 1.807) is 0 Å². The Morgan fingerprint density at radius 1 is 0.464 bits per heavy atom. The zero-order chi connectivity index (χ0) is 21.3. The minimum Gasteiger partial charge on any atom is -0.396 e. The predicted molar refractivity (Wildman–Crippen MR) is 121 cm³/mol. The third-order valence-electron chi connectivity index (χ3n) is 5.40. The van der Waals surface area contributed by atoms with E-state index in [-0.39, 0.29) is 16.8 Å². The first kappa shape index (κ1) is 35.8. The van der Waals surface area contributed by atoms with Crippen LogP contribution in [0.2, 0.25) is 0 Å². The monoisotopic (exact) mass is 449 g/mol. The summed E-state index contributed by atoms with van der Waals surface area (Å²) in [5.41, 5.74) is 0. The second kappa shape index (κ2) is 32.1. The molecule has 0 fully saturated rings. The summed E-state index contributed by atoms with van der Waals surface area (Å²) in [7, 11) is 0. The number of aliphatic hydroxyl groups is 3. The van der Waals surface area contributed by atoms with Crippen LogP contribution in [0.5, 0.6) is 0 Å². The standard InChI is InChI=1S/3C8H18O.Co/c3*1-3-5-6-8(4-2)7-9;/h3*8-9H,3-7H2,1-2H3;. The van der Waals surface area contributed by atoms with Gasteiger partial charge >= 0.3 is 0 Å². The maximum absolute atomic E-state index is 8.75. The van der Waals surface area contributed by atoms with E-state index in [0.717, 1.165) is 19.3 Å². The Kier molecular flexibility index (Phi) is 41.0. The van der Waals surface area contributed by atoms with Crippen molar-refractivity contribution in [1.82, 2.24) is 0 Å². The molecular weight excluding hydrogens is 395 g/mol. The average Bonchev–Trinajstić information content (AvgIpc) is 2.71. The molecule has 0 aliphatic carbocycles. The van der Waals surface area contributed by atoms with Gasteiger partial charge in [-0.3, -0.25) is 0 Å². The number of hydrogen-bond acceptors (Lipinski definition) is 3. The zero-order valence-corrected chi connectivity index (χ0v) is 21.1. The van der Waals surface area contributed by atoms with Gasteiger partial charge in [0.05, 0.1) is 0 Å². The molecule has 0 aliphatic heterocycles. The van der Waals surface area contributed by atoms with Gasteiger partial charge in [0.2, 0.25) is 0 Å². The maximum Gasteiger partial charge on any atom is 0.0459 e. The third-order valence-corrected chi connectivity index (χ3v) is 5.40. The fraction of sp³-hybridized carbons (Fsp3) is 1.00. The molecular formula is C24H54CoO3.